The van der Waals surface area contributed by atoms with Crippen molar-refractivity contribution in [3.05, 3.63) is 219 Å². The molecule has 0 N–H and O–H groups in total. The van der Waals surface area contributed by atoms with Crippen LogP contribution in [-0.4, -0.2) is 24.1 Å². The van der Waals surface area contributed by atoms with Gasteiger partial charge in [0.1, 0.15) is 23.3 Å². The molecule has 0 spiro atoms. The number of rotatable bonds is 7. The molecule has 0 amide bonds. The maximum Gasteiger partial charge on any atom is 0.416 e. The van der Waals surface area contributed by atoms with Crippen molar-refractivity contribution in [3.8, 4) is 73.3 Å². The summed E-state index contributed by atoms with van der Waals surface area (Å²) in [7, 11) is 0. The molecule has 9 aromatic carbocycles. The Labute approximate surface area is 532 Å². The molecule has 0 radical (unpaired) electrons. The molecule has 3 aromatic heterocycles. The van der Waals surface area contributed by atoms with Gasteiger partial charge in [-0.05, 0) is 168 Å². The Bertz CT molecular complexity index is 4610. The fourth-order valence-corrected chi connectivity index (χ4v) is 11.7. The van der Waals surface area contributed by atoms with E-state index in [2.05, 4.69) is 15.0 Å². The first kappa shape index (κ1) is 67.4. The number of alkyl halides is 24. The second kappa shape index (κ2) is 22.8. The molecule has 12 rings (SSSR count). The third-order valence-electron chi connectivity index (χ3n) is 16.0. The third-order valence-corrected chi connectivity index (χ3v) is 16.0. The molecule has 0 aliphatic carbocycles. The number of aryl methyl sites for hydroxylation is 2. The fourth-order valence-electron chi connectivity index (χ4n) is 11.7. The summed E-state index contributed by atoms with van der Waals surface area (Å²) in [5.41, 5.74) is -22.1. The van der Waals surface area contributed by atoms with Gasteiger partial charge in [0.25, 0.3) is 0 Å². The minimum atomic E-state index is -5.42. The van der Waals surface area contributed by atoms with Crippen LogP contribution >= 0.6 is 0 Å². The summed E-state index contributed by atoms with van der Waals surface area (Å²) >= 11 is 0. The smallest absolute Gasteiger partial charge is 0.308 e. The quantitative estimate of drug-likeness (QED) is 0.149. The van der Waals surface area contributed by atoms with Crippen molar-refractivity contribution < 1.29 is 105 Å². The van der Waals surface area contributed by atoms with Crippen LogP contribution < -0.4 is 0 Å². The standard InChI is InChI=1S/C68H32F24N6/c1-30-94-31(2)96-60(95-30)40-23-58(97-54-19-32(36-11-41(61(69,70)71)25-42(12-36)62(72,73)74)3-7-49(54)50-8-4-33(20-55(50)97)37-13-43(63(75,76)77)26-44(14-37)64(78,79)80)53(29-93)59(24-40)98-56-21-34(38-15-45(65(81,82)83)27-46(16-38)66(84,85)86)5-9-51(56)52-10-6-35(22-57(52)98)39-17-47(67(87,88)89)28-48(18-39)68(90,91)92/h3-28H,1-2H3. The van der Waals surface area contributed by atoms with E-state index < -0.39 is 155 Å². The Morgan fingerprint density at radius 3 is 0.673 bits per heavy atom. The molecule has 6 nitrogen and oxygen atoms in total. The van der Waals surface area contributed by atoms with Crippen molar-refractivity contribution in [2.45, 2.75) is 63.3 Å². The van der Waals surface area contributed by atoms with Gasteiger partial charge in [0.2, 0.25) is 0 Å². The first-order valence-electron chi connectivity index (χ1n) is 28.0. The summed E-state index contributed by atoms with van der Waals surface area (Å²) in [6.07, 6.45) is -43.4. The molecular weight excluding hydrogens is 1360 g/mol. The highest BCUT2D eigenvalue weighted by molar-refractivity contribution is 6.13. The van der Waals surface area contributed by atoms with Crippen molar-refractivity contribution in [2.75, 3.05) is 0 Å². The number of hydrogen-bond donors (Lipinski definition) is 0. The Balaban J connectivity index is 1.27. The molecule has 3 heterocycles. The van der Waals surface area contributed by atoms with E-state index in [0.29, 0.717) is 48.5 Å². The molecule has 0 unspecified atom stereocenters. The molecular formula is C68H32F24N6. The molecule has 0 aliphatic rings. The Hall–Kier alpha value is -10.6. The van der Waals surface area contributed by atoms with E-state index in [1.165, 1.54) is 38.1 Å². The van der Waals surface area contributed by atoms with Crippen molar-refractivity contribution in [1.82, 2.24) is 24.1 Å². The summed E-state index contributed by atoms with van der Waals surface area (Å²) < 4.78 is 350. The third kappa shape index (κ3) is 12.6. The Morgan fingerprint density at radius 1 is 0.265 bits per heavy atom. The average Bonchev–Trinajstić information content (AvgIpc) is 1.56. The van der Waals surface area contributed by atoms with Crippen molar-refractivity contribution in [3.63, 3.8) is 0 Å². The van der Waals surface area contributed by atoms with Crippen LogP contribution in [0.25, 0.3) is 111 Å². The van der Waals surface area contributed by atoms with E-state index in [-0.39, 0.29) is 90.9 Å². The zero-order valence-electron chi connectivity index (χ0n) is 48.8. The molecule has 0 saturated heterocycles. The lowest BCUT2D eigenvalue weighted by atomic mass is 9.97. The summed E-state index contributed by atoms with van der Waals surface area (Å²) in [5, 5.41) is 11.7. The lowest BCUT2D eigenvalue weighted by Crippen LogP contribution is -2.11. The van der Waals surface area contributed by atoms with E-state index in [0.717, 1.165) is 69.8 Å². The second-order valence-electron chi connectivity index (χ2n) is 22.5. The van der Waals surface area contributed by atoms with Gasteiger partial charge in [-0.3, -0.25) is 0 Å². The second-order valence-corrected chi connectivity index (χ2v) is 22.5. The molecule has 98 heavy (non-hydrogen) atoms. The summed E-state index contributed by atoms with van der Waals surface area (Å²) in [6, 6.07) is 19.5. The van der Waals surface area contributed by atoms with Gasteiger partial charge in [-0.25, -0.2) is 15.0 Å². The van der Waals surface area contributed by atoms with Crippen LogP contribution in [-0.2, 0) is 49.4 Å². The summed E-state index contributed by atoms with van der Waals surface area (Å²) in [4.78, 5) is 13.0. The lowest BCUT2D eigenvalue weighted by molar-refractivity contribution is -0.144. The average molecular weight is 1390 g/mol. The Morgan fingerprint density at radius 2 is 0.480 bits per heavy atom. The zero-order chi connectivity index (χ0) is 71.3. The van der Waals surface area contributed by atoms with Gasteiger partial charge in [0.15, 0.2) is 5.82 Å². The highest BCUT2D eigenvalue weighted by atomic mass is 19.4. The minimum Gasteiger partial charge on any atom is -0.308 e. The first-order valence-corrected chi connectivity index (χ1v) is 28.0. The SMILES string of the molecule is Cc1nc(C)nc(-c2cc(-n3c4cc(-c5cc(C(F)(F)F)cc(C(F)(F)F)c5)ccc4c4ccc(-c5cc(C(F)(F)F)cc(C(F)(F)F)c5)cc43)c(C#N)c(-n3c4cc(-c5cc(C(F)(F)F)cc(C(F)(F)F)c5)ccc4c4ccc(-c5cc(C(F)(F)F)cc(C(F)(F)F)c5)cc43)c2)n1. The lowest BCUT2D eigenvalue weighted by Gasteiger charge is -2.19. The van der Waals surface area contributed by atoms with Crippen LogP contribution in [0.4, 0.5) is 105 Å². The van der Waals surface area contributed by atoms with Crippen molar-refractivity contribution in [1.29, 1.82) is 5.26 Å². The van der Waals surface area contributed by atoms with E-state index in [4.69, 9.17) is 0 Å². The predicted octanol–water partition coefficient (Wildman–Crippen LogP) is 23.0. The highest BCUT2D eigenvalue weighted by Crippen LogP contribution is 2.49. The van der Waals surface area contributed by atoms with Gasteiger partial charge in [0, 0.05) is 27.1 Å². The van der Waals surface area contributed by atoms with Crippen LogP contribution in [0.15, 0.2) is 158 Å². The molecule has 502 valence electrons. The topological polar surface area (TPSA) is 72.3 Å². The maximum atomic E-state index is 14.5. The predicted molar refractivity (Wildman–Crippen MR) is 310 cm³/mol. The molecule has 12 aromatic rings. The maximum absolute atomic E-state index is 14.5. The number of aromatic nitrogens is 5. The van der Waals surface area contributed by atoms with E-state index in [9.17, 15) is 111 Å². The molecule has 0 atom stereocenters. The normalized spacial score (nSPS) is 13.2. The van der Waals surface area contributed by atoms with Gasteiger partial charge in [-0.2, -0.15) is 111 Å². The number of nitrogens with zero attached hydrogens (tertiary/aromatic N) is 6. The number of hydrogen-bond acceptors (Lipinski definition) is 4. The van der Waals surface area contributed by atoms with Crippen LogP contribution in [0, 0.1) is 25.2 Å². The van der Waals surface area contributed by atoms with E-state index >= 15 is 0 Å². The van der Waals surface area contributed by atoms with Gasteiger partial charge in [0.05, 0.1) is 77.9 Å². The van der Waals surface area contributed by atoms with Crippen molar-refractivity contribution in [2.24, 2.45) is 0 Å². The van der Waals surface area contributed by atoms with Gasteiger partial charge in [-0.15, -0.1) is 0 Å². The van der Waals surface area contributed by atoms with Crippen LogP contribution in [0.2, 0.25) is 0 Å². The zero-order valence-corrected chi connectivity index (χ0v) is 48.8. The minimum absolute atomic E-state index is 0.0190. The number of fused-ring (bicyclic) bond motifs is 6. The van der Waals surface area contributed by atoms with E-state index in [1.807, 2.05) is 6.07 Å². The van der Waals surface area contributed by atoms with Crippen LogP contribution in [0.1, 0.15) is 61.7 Å². The Kier molecular flexibility index (Phi) is 15.6. The molecule has 30 heteroatoms. The summed E-state index contributed by atoms with van der Waals surface area (Å²) in [6.45, 7) is 2.75. The fraction of sp³-hybridized carbons (Fsp3) is 0.147. The van der Waals surface area contributed by atoms with Crippen LogP contribution in [0.3, 0.4) is 0 Å². The molecule has 0 saturated carbocycles. The monoisotopic (exact) mass is 1390 g/mol. The van der Waals surface area contributed by atoms with Gasteiger partial charge >= 0.3 is 49.4 Å². The number of benzene rings is 9. The van der Waals surface area contributed by atoms with Gasteiger partial charge in [-0.1, -0.05) is 48.5 Å². The summed E-state index contributed by atoms with van der Waals surface area (Å²) in [5.74, 6) is -0.352. The first-order chi connectivity index (χ1) is 45.3. The van der Waals surface area contributed by atoms with Crippen LogP contribution in [0.5, 0.6) is 0 Å². The molecule has 0 fully saturated rings. The largest absolute Gasteiger partial charge is 0.416 e. The number of halogens is 24. The van der Waals surface area contributed by atoms with E-state index in [1.54, 1.807) is 0 Å². The van der Waals surface area contributed by atoms with Crippen molar-refractivity contribution >= 4 is 43.6 Å². The highest BCUT2D eigenvalue weighted by Gasteiger charge is 2.42. The number of nitriles is 1. The molecule has 0 bridgehead atoms. The molecule has 0 aliphatic heterocycles. The van der Waals surface area contributed by atoms with Gasteiger partial charge < -0.3 is 9.13 Å².